The Morgan fingerprint density at radius 1 is 1.23 bits per heavy atom. The molecular formula is C10H15ClGeO. The Bertz CT molecular complexity index is 263. The first kappa shape index (κ1) is 10.9. The van der Waals surface area contributed by atoms with E-state index in [2.05, 4.69) is 11.5 Å². The number of hydrogen-bond donors (Lipinski definition) is 1. The molecule has 1 aromatic carbocycles. The molecule has 0 amide bonds. The van der Waals surface area contributed by atoms with E-state index in [1.807, 2.05) is 12.1 Å². The molecule has 0 fully saturated rings. The van der Waals surface area contributed by atoms with Crippen molar-refractivity contribution in [1.82, 2.24) is 0 Å². The molecule has 1 nitrogen and oxygen atoms in total. The minimum atomic E-state index is -1.90. The van der Waals surface area contributed by atoms with E-state index in [1.165, 1.54) is 5.56 Å². The molecule has 3 heteroatoms. The molecule has 0 radical (unpaired) electrons. The van der Waals surface area contributed by atoms with Crippen LogP contribution in [-0.4, -0.2) is 17.4 Å². The van der Waals surface area contributed by atoms with Crippen LogP contribution in [0, 0.1) is 0 Å². The standard InChI is InChI=1S/C10H15ClGeO/c1-12(2,11)8-7-9-3-5-10(13)6-4-9/h3-6,13H,7-8H2,1-2H3. The van der Waals surface area contributed by atoms with Crippen LogP contribution in [0.5, 0.6) is 5.75 Å². The Kier molecular flexibility index (Phi) is 3.68. The first-order valence-electron chi connectivity index (χ1n) is 4.44. The second-order valence-corrected chi connectivity index (χ2v) is 17.5. The van der Waals surface area contributed by atoms with Gasteiger partial charge in [0.25, 0.3) is 0 Å². The van der Waals surface area contributed by atoms with Crippen molar-refractivity contribution in [1.29, 1.82) is 0 Å². The Morgan fingerprint density at radius 2 is 1.77 bits per heavy atom. The number of phenols is 1. The van der Waals surface area contributed by atoms with Gasteiger partial charge in [-0.1, -0.05) is 0 Å². The summed E-state index contributed by atoms with van der Waals surface area (Å²) in [7, 11) is 6.25. The van der Waals surface area contributed by atoms with Crippen molar-refractivity contribution in [2.75, 3.05) is 0 Å². The van der Waals surface area contributed by atoms with Gasteiger partial charge in [0.05, 0.1) is 0 Å². The topological polar surface area (TPSA) is 20.2 Å². The van der Waals surface area contributed by atoms with Crippen molar-refractivity contribution in [2.24, 2.45) is 0 Å². The summed E-state index contributed by atoms with van der Waals surface area (Å²) in [6, 6.07) is 7.37. The van der Waals surface area contributed by atoms with Crippen LogP contribution >= 0.6 is 10.0 Å². The third-order valence-electron chi connectivity index (χ3n) is 1.94. The Morgan fingerprint density at radius 3 is 2.23 bits per heavy atom. The van der Waals surface area contributed by atoms with Crippen LogP contribution in [-0.2, 0) is 6.42 Å². The first-order chi connectivity index (χ1) is 5.97. The molecule has 0 aliphatic heterocycles. The number of aromatic hydroxyl groups is 1. The van der Waals surface area contributed by atoms with Gasteiger partial charge in [-0.25, -0.2) is 0 Å². The maximum absolute atomic E-state index is 9.07. The van der Waals surface area contributed by atoms with Crippen molar-refractivity contribution < 1.29 is 5.11 Å². The molecule has 72 valence electrons. The minimum absolute atomic E-state index is 0.329. The normalized spacial score (nSPS) is 11.6. The number of phenolic OH excluding ortho intramolecular Hbond substituents is 1. The third-order valence-corrected chi connectivity index (χ3v) is 5.95. The summed E-state index contributed by atoms with van der Waals surface area (Å²) in [5.74, 6) is 4.72. The summed E-state index contributed by atoms with van der Waals surface area (Å²) in [5, 5.41) is 10.2. The van der Waals surface area contributed by atoms with Gasteiger partial charge in [0.1, 0.15) is 0 Å². The van der Waals surface area contributed by atoms with E-state index < -0.39 is 12.3 Å². The van der Waals surface area contributed by atoms with Gasteiger partial charge in [-0.3, -0.25) is 0 Å². The van der Waals surface area contributed by atoms with Crippen LogP contribution in [0.1, 0.15) is 5.56 Å². The van der Waals surface area contributed by atoms with Crippen LogP contribution in [0.2, 0.25) is 16.8 Å². The van der Waals surface area contributed by atoms with Gasteiger partial charge in [-0.05, 0) is 0 Å². The fourth-order valence-corrected chi connectivity index (χ4v) is 3.45. The third kappa shape index (κ3) is 4.58. The molecule has 0 unspecified atom stereocenters. The van der Waals surface area contributed by atoms with Gasteiger partial charge in [0.2, 0.25) is 0 Å². The van der Waals surface area contributed by atoms with Gasteiger partial charge < -0.3 is 0 Å². The number of aryl methyl sites for hydroxylation is 1. The predicted molar refractivity (Wildman–Crippen MR) is 60.0 cm³/mol. The van der Waals surface area contributed by atoms with E-state index in [1.54, 1.807) is 12.1 Å². The molecule has 0 spiro atoms. The molecule has 0 saturated carbocycles. The molecule has 0 heterocycles. The van der Waals surface area contributed by atoms with Crippen LogP contribution < -0.4 is 0 Å². The average Bonchev–Trinajstić information content (AvgIpc) is 2.02. The maximum atomic E-state index is 9.07. The fraction of sp³-hybridized carbons (Fsp3) is 0.400. The van der Waals surface area contributed by atoms with Gasteiger partial charge in [-0.2, -0.15) is 0 Å². The van der Waals surface area contributed by atoms with Crippen molar-refractivity contribution >= 4 is 22.3 Å². The first-order valence-corrected chi connectivity index (χ1v) is 12.9. The molecule has 1 N–H and O–H groups in total. The molecule has 0 atom stereocenters. The zero-order valence-corrected chi connectivity index (χ0v) is 10.9. The summed E-state index contributed by atoms with van der Waals surface area (Å²) >= 11 is -1.90. The zero-order chi connectivity index (χ0) is 9.90. The van der Waals surface area contributed by atoms with E-state index in [4.69, 9.17) is 15.1 Å². The van der Waals surface area contributed by atoms with Crippen LogP contribution in [0.4, 0.5) is 0 Å². The second kappa shape index (κ2) is 4.38. The van der Waals surface area contributed by atoms with Crippen LogP contribution in [0.15, 0.2) is 24.3 Å². The van der Waals surface area contributed by atoms with Crippen molar-refractivity contribution in [3.63, 3.8) is 0 Å². The number of benzene rings is 1. The van der Waals surface area contributed by atoms with Crippen molar-refractivity contribution in [3.8, 4) is 5.75 Å². The Hall–Kier alpha value is -0.147. The quantitative estimate of drug-likeness (QED) is 0.825. The van der Waals surface area contributed by atoms with Gasteiger partial charge in [-0.15, -0.1) is 0 Å². The molecule has 1 aromatic rings. The molecular weight excluding hydrogens is 244 g/mol. The summed E-state index contributed by atoms with van der Waals surface area (Å²) < 4.78 is 0. The monoisotopic (exact) mass is 260 g/mol. The van der Waals surface area contributed by atoms with E-state index in [9.17, 15) is 0 Å². The molecule has 0 saturated heterocycles. The van der Waals surface area contributed by atoms with E-state index in [-0.39, 0.29) is 0 Å². The number of rotatable bonds is 3. The molecule has 0 aromatic heterocycles. The summed E-state index contributed by atoms with van der Waals surface area (Å²) in [4.78, 5) is 0. The van der Waals surface area contributed by atoms with Crippen molar-refractivity contribution in [2.45, 2.75) is 23.2 Å². The predicted octanol–water partition coefficient (Wildman–Crippen LogP) is 3.38. The average molecular weight is 259 g/mol. The fourth-order valence-electron chi connectivity index (χ4n) is 1.10. The van der Waals surface area contributed by atoms with Crippen LogP contribution in [0.25, 0.3) is 0 Å². The molecule has 1 rings (SSSR count). The van der Waals surface area contributed by atoms with Crippen LogP contribution in [0.3, 0.4) is 0 Å². The Balaban J connectivity index is 2.51. The molecule has 0 aliphatic carbocycles. The SMILES string of the molecule is [CH3][Ge]([CH3])([Cl])[CH2]Cc1ccc(O)cc1. The van der Waals surface area contributed by atoms with Gasteiger partial charge in [0, 0.05) is 0 Å². The zero-order valence-electron chi connectivity index (χ0n) is 8.05. The van der Waals surface area contributed by atoms with E-state index in [0.29, 0.717) is 5.75 Å². The van der Waals surface area contributed by atoms with Crippen molar-refractivity contribution in [3.05, 3.63) is 29.8 Å². The summed E-state index contributed by atoms with van der Waals surface area (Å²) in [6.07, 6.45) is 1.04. The van der Waals surface area contributed by atoms with Gasteiger partial charge in [0.15, 0.2) is 0 Å². The van der Waals surface area contributed by atoms with E-state index in [0.717, 1.165) is 11.7 Å². The molecule has 13 heavy (non-hydrogen) atoms. The Labute approximate surface area is 86.3 Å². The molecule has 0 bridgehead atoms. The molecule has 0 aliphatic rings. The summed E-state index contributed by atoms with van der Waals surface area (Å²) in [6.45, 7) is 0. The van der Waals surface area contributed by atoms with Gasteiger partial charge >= 0.3 is 86.2 Å². The number of hydrogen-bond acceptors (Lipinski definition) is 1. The summed E-state index contributed by atoms with van der Waals surface area (Å²) in [5.41, 5.74) is 1.26. The second-order valence-electron chi connectivity index (χ2n) is 3.89. The number of halogens is 1. The van der Waals surface area contributed by atoms with E-state index >= 15 is 0 Å².